The summed E-state index contributed by atoms with van der Waals surface area (Å²) in [4.78, 5) is 13.0. The van der Waals surface area contributed by atoms with Gasteiger partial charge in [-0.1, -0.05) is 24.3 Å². The van der Waals surface area contributed by atoms with E-state index in [0.717, 1.165) is 27.9 Å². The molecule has 1 atom stereocenters. The lowest BCUT2D eigenvalue weighted by Gasteiger charge is -2.21. The number of methoxy groups -OCH3 is 4. The van der Waals surface area contributed by atoms with Crippen molar-refractivity contribution in [3.63, 3.8) is 0 Å². The topological polar surface area (TPSA) is 78.0 Å². The van der Waals surface area contributed by atoms with Crippen molar-refractivity contribution in [2.75, 3.05) is 33.8 Å². The van der Waals surface area contributed by atoms with Gasteiger partial charge in [0.1, 0.15) is 0 Å². The normalized spacial score (nSPS) is 14.0. The minimum Gasteiger partial charge on any atom is -0.493 e. The maximum atomic E-state index is 13.0. The van der Waals surface area contributed by atoms with Gasteiger partial charge in [-0.2, -0.15) is 0 Å². The number of benzene rings is 2. The van der Waals surface area contributed by atoms with Gasteiger partial charge in [0.05, 0.1) is 34.5 Å². The molecule has 3 aromatic rings. The zero-order chi connectivity index (χ0) is 24.9. The van der Waals surface area contributed by atoms with Crippen LogP contribution in [0.25, 0.3) is 11.1 Å². The fourth-order valence-corrected chi connectivity index (χ4v) is 4.72. The van der Waals surface area contributed by atoms with Crippen molar-refractivity contribution in [2.45, 2.75) is 18.9 Å². The van der Waals surface area contributed by atoms with Gasteiger partial charge in [0.2, 0.25) is 11.2 Å². The summed E-state index contributed by atoms with van der Waals surface area (Å²) in [6, 6.07) is 16.6. The molecule has 0 aromatic heterocycles. The number of anilines is 1. The first-order valence-corrected chi connectivity index (χ1v) is 11.6. The highest BCUT2D eigenvalue weighted by molar-refractivity contribution is 7.80. The third kappa shape index (κ3) is 4.88. The van der Waals surface area contributed by atoms with Crippen LogP contribution in [-0.4, -0.2) is 33.6 Å². The molecule has 1 aliphatic rings. The van der Waals surface area contributed by atoms with E-state index in [2.05, 4.69) is 10.6 Å². The van der Waals surface area contributed by atoms with Crippen LogP contribution >= 0.6 is 12.2 Å². The predicted octanol–water partition coefficient (Wildman–Crippen LogP) is 4.72. The molecule has 182 valence electrons. The lowest BCUT2D eigenvalue weighted by atomic mass is 9.95. The number of aryl methyl sites for hydroxylation is 1. The molecular formula is C27H28N2O5S. The molecule has 1 unspecified atom stereocenters. The Morgan fingerprint density at radius 1 is 0.886 bits per heavy atom. The second-order valence-corrected chi connectivity index (χ2v) is 8.42. The van der Waals surface area contributed by atoms with E-state index in [0.29, 0.717) is 35.2 Å². The first-order valence-electron chi connectivity index (χ1n) is 11.2. The number of thiocarbonyl (C=S) groups is 1. The summed E-state index contributed by atoms with van der Waals surface area (Å²) < 4.78 is 22.4. The molecule has 7 nitrogen and oxygen atoms in total. The molecule has 0 saturated carbocycles. The van der Waals surface area contributed by atoms with Crippen molar-refractivity contribution >= 4 is 23.0 Å². The highest BCUT2D eigenvalue weighted by Crippen LogP contribution is 2.50. The van der Waals surface area contributed by atoms with Crippen LogP contribution in [0.15, 0.2) is 59.4 Å². The summed E-state index contributed by atoms with van der Waals surface area (Å²) in [5, 5.41) is 7.09. The van der Waals surface area contributed by atoms with E-state index >= 15 is 0 Å². The highest BCUT2D eigenvalue weighted by Gasteiger charge is 2.29. The number of para-hydroxylation sites is 1. The Hall–Kier alpha value is -3.78. The Morgan fingerprint density at radius 2 is 1.60 bits per heavy atom. The van der Waals surface area contributed by atoms with Crippen molar-refractivity contribution < 1.29 is 18.9 Å². The summed E-state index contributed by atoms with van der Waals surface area (Å²) in [5.41, 5.74) is 4.15. The van der Waals surface area contributed by atoms with Crippen molar-refractivity contribution in [1.82, 2.24) is 5.32 Å². The van der Waals surface area contributed by atoms with E-state index in [4.69, 9.17) is 31.2 Å². The molecule has 35 heavy (non-hydrogen) atoms. The Kier molecular flexibility index (Phi) is 7.41. The summed E-state index contributed by atoms with van der Waals surface area (Å²) in [6.07, 6.45) is 1.38. The van der Waals surface area contributed by atoms with Gasteiger partial charge in [0.15, 0.2) is 22.4 Å². The predicted molar refractivity (Wildman–Crippen MR) is 141 cm³/mol. The van der Waals surface area contributed by atoms with Crippen LogP contribution in [0.2, 0.25) is 0 Å². The molecule has 0 saturated heterocycles. The van der Waals surface area contributed by atoms with E-state index < -0.39 is 0 Å². The lowest BCUT2D eigenvalue weighted by molar-refractivity contribution is 0.324. The van der Waals surface area contributed by atoms with Gasteiger partial charge in [0.25, 0.3) is 0 Å². The number of nitrogens with one attached hydrogen (secondary N) is 2. The standard InChI is InChI=1S/C27H28N2O5S/c1-31-22-13-11-18-19(15-21(22)30)20(29-27(35)28-17-8-6-5-7-9-17)12-10-16-14-23(32-2)25(33-3)26(34-4)24(16)18/h5-9,11,13-15,20H,10,12H2,1-4H3,(H2,28,29,35). The summed E-state index contributed by atoms with van der Waals surface area (Å²) in [5.74, 6) is 1.88. The zero-order valence-corrected chi connectivity index (χ0v) is 21.0. The molecular weight excluding hydrogens is 464 g/mol. The van der Waals surface area contributed by atoms with Crippen LogP contribution < -0.4 is 35.0 Å². The van der Waals surface area contributed by atoms with E-state index in [1.54, 1.807) is 33.5 Å². The van der Waals surface area contributed by atoms with Gasteiger partial charge in [-0.15, -0.1) is 0 Å². The van der Waals surface area contributed by atoms with E-state index in [9.17, 15) is 4.79 Å². The van der Waals surface area contributed by atoms with Crippen molar-refractivity contribution in [3.8, 4) is 34.1 Å². The summed E-state index contributed by atoms with van der Waals surface area (Å²) in [6.45, 7) is 0. The monoisotopic (exact) mass is 492 g/mol. The van der Waals surface area contributed by atoms with Gasteiger partial charge in [-0.05, 0) is 72.1 Å². The number of rotatable bonds is 6. The molecule has 0 aliphatic heterocycles. The average Bonchev–Trinajstić information content (AvgIpc) is 3.11. The molecule has 3 aromatic carbocycles. The second kappa shape index (κ2) is 10.7. The average molecular weight is 493 g/mol. The van der Waals surface area contributed by atoms with Gasteiger partial charge in [-0.3, -0.25) is 4.79 Å². The quantitative estimate of drug-likeness (QED) is 0.479. The maximum absolute atomic E-state index is 13.0. The van der Waals surface area contributed by atoms with Crippen molar-refractivity contribution in [3.05, 3.63) is 75.9 Å². The van der Waals surface area contributed by atoms with Crippen molar-refractivity contribution in [2.24, 2.45) is 0 Å². The maximum Gasteiger partial charge on any atom is 0.220 e. The molecule has 0 bridgehead atoms. The van der Waals surface area contributed by atoms with Crippen LogP contribution in [0.3, 0.4) is 0 Å². The molecule has 4 rings (SSSR count). The third-order valence-corrected chi connectivity index (χ3v) is 6.28. The van der Waals surface area contributed by atoms with Gasteiger partial charge >= 0.3 is 0 Å². The molecule has 1 aliphatic carbocycles. The second-order valence-electron chi connectivity index (χ2n) is 8.01. The molecule has 2 N–H and O–H groups in total. The molecule has 0 heterocycles. The van der Waals surface area contributed by atoms with Crippen LogP contribution in [0.5, 0.6) is 23.0 Å². The van der Waals surface area contributed by atoms with E-state index in [-0.39, 0.29) is 17.2 Å². The minimum absolute atomic E-state index is 0.217. The van der Waals surface area contributed by atoms with Gasteiger partial charge in [0, 0.05) is 11.3 Å². The molecule has 0 amide bonds. The molecule has 0 fully saturated rings. The minimum atomic E-state index is -0.243. The molecule has 8 heteroatoms. The Labute approximate surface area is 210 Å². The van der Waals surface area contributed by atoms with E-state index in [1.165, 1.54) is 7.11 Å². The fourth-order valence-electron chi connectivity index (χ4n) is 4.46. The Balaban J connectivity index is 1.87. The van der Waals surface area contributed by atoms with Crippen LogP contribution in [0, 0.1) is 0 Å². The largest absolute Gasteiger partial charge is 0.493 e. The van der Waals surface area contributed by atoms with Crippen LogP contribution in [0.1, 0.15) is 23.6 Å². The zero-order valence-electron chi connectivity index (χ0n) is 20.1. The number of hydrogen-bond acceptors (Lipinski definition) is 6. The number of fused-ring (bicyclic) bond motifs is 3. The lowest BCUT2D eigenvalue weighted by Crippen LogP contribution is -2.32. The van der Waals surface area contributed by atoms with E-state index in [1.807, 2.05) is 42.5 Å². The Morgan fingerprint density at radius 3 is 2.26 bits per heavy atom. The molecule has 0 radical (unpaired) electrons. The number of ether oxygens (including phenoxy) is 4. The first kappa shape index (κ1) is 24.3. The van der Waals surface area contributed by atoms with Crippen molar-refractivity contribution in [1.29, 1.82) is 0 Å². The summed E-state index contributed by atoms with van der Waals surface area (Å²) >= 11 is 5.62. The highest BCUT2D eigenvalue weighted by atomic mass is 32.1. The van der Waals surface area contributed by atoms with Crippen LogP contribution in [-0.2, 0) is 6.42 Å². The first-order chi connectivity index (χ1) is 17.0. The SMILES string of the molecule is COc1cc2c(c(OC)c1OC)-c1ccc(OC)c(=O)cc1C(NC(=S)Nc1ccccc1)CC2. The van der Waals surface area contributed by atoms with Gasteiger partial charge in [-0.25, -0.2) is 0 Å². The Bertz CT molecular complexity index is 1300. The third-order valence-electron chi connectivity index (χ3n) is 6.06. The van der Waals surface area contributed by atoms with Gasteiger partial charge < -0.3 is 29.6 Å². The van der Waals surface area contributed by atoms with Crippen LogP contribution in [0.4, 0.5) is 5.69 Å². The smallest absolute Gasteiger partial charge is 0.220 e. The number of hydrogen-bond donors (Lipinski definition) is 2. The fraction of sp³-hybridized carbons (Fsp3) is 0.259. The summed E-state index contributed by atoms with van der Waals surface area (Å²) in [7, 11) is 6.26. The molecule has 0 spiro atoms.